The Labute approximate surface area is 121 Å². The number of aromatic carboxylic acids is 1. The summed E-state index contributed by atoms with van der Waals surface area (Å²) in [6.45, 7) is 2.32. The summed E-state index contributed by atoms with van der Waals surface area (Å²) in [6, 6.07) is 9.45. The average Bonchev–Trinajstić information content (AvgIpc) is 2.41. The van der Waals surface area contributed by atoms with Gasteiger partial charge in [-0.05, 0) is 31.0 Å². The highest BCUT2D eigenvalue weighted by Gasteiger charge is 2.14. The van der Waals surface area contributed by atoms with Gasteiger partial charge in [0.25, 0.3) is 0 Å². The molecule has 5 heteroatoms. The number of hydrogen-bond acceptors (Lipinski definition) is 2. The SMILES string of the molecule is Cc1cccc(CCNc2c(F)cc(C(=O)O)cc2F)c1. The van der Waals surface area contributed by atoms with Crippen LogP contribution in [0, 0.1) is 18.6 Å². The van der Waals surface area contributed by atoms with Crippen molar-refractivity contribution >= 4 is 11.7 Å². The van der Waals surface area contributed by atoms with Gasteiger partial charge < -0.3 is 10.4 Å². The van der Waals surface area contributed by atoms with Gasteiger partial charge in [0.2, 0.25) is 0 Å². The van der Waals surface area contributed by atoms with E-state index in [0.717, 1.165) is 23.3 Å². The molecule has 0 aliphatic carbocycles. The third kappa shape index (κ3) is 3.78. The van der Waals surface area contributed by atoms with Crippen molar-refractivity contribution < 1.29 is 18.7 Å². The summed E-state index contributed by atoms with van der Waals surface area (Å²) in [4.78, 5) is 10.7. The highest BCUT2D eigenvalue weighted by Crippen LogP contribution is 2.21. The van der Waals surface area contributed by atoms with Crippen molar-refractivity contribution in [3.63, 3.8) is 0 Å². The summed E-state index contributed by atoms with van der Waals surface area (Å²) in [6.07, 6.45) is 0.612. The number of nitrogens with one attached hydrogen (secondary N) is 1. The van der Waals surface area contributed by atoms with Gasteiger partial charge in [-0.15, -0.1) is 0 Å². The Bertz CT molecular complexity index is 648. The summed E-state index contributed by atoms with van der Waals surface area (Å²) in [5.41, 5.74) is 1.48. The zero-order chi connectivity index (χ0) is 15.4. The number of aryl methyl sites for hydroxylation is 1. The Kier molecular flexibility index (Phi) is 4.52. The first kappa shape index (κ1) is 15.0. The molecular formula is C16H15F2NO2. The Morgan fingerprint density at radius 2 is 1.86 bits per heavy atom. The highest BCUT2D eigenvalue weighted by molar-refractivity contribution is 5.88. The van der Waals surface area contributed by atoms with Crippen LogP contribution in [-0.2, 0) is 6.42 Å². The van der Waals surface area contributed by atoms with E-state index in [2.05, 4.69) is 5.32 Å². The van der Waals surface area contributed by atoms with Gasteiger partial charge in [-0.3, -0.25) is 0 Å². The molecule has 0 spiro atoms. The van der Waals surface area contributed by atoms with Crippen LogP contribution >= 0.6 is 0 Å². The predicted molar refractivity (Wildman–Crippen MR) is 76.7 cm³/mol. The molecule has 0 amide bonds. The molecule has 0 heterocycles. The minimum Gasteiger partial charge on any atom is -0.478 e. The number of hydrogen-bond donors (Lipinski definition) is 2. The molecule has 0 saturated heterocycles. The molecule has 0 aliphatic rings. The minimum absolute atomic E-state index is 0.298. The maximum atomic E-state index is 13.7. The number of benzene rings is 2. The number of carboxylic acid groups (broad SMARTS) is 1. The maximum Gasteiger partial charge on any atom is 0.335 e. The first-order valence-corrected chi connectivity index (χ1v) is 6.49. The fourth-order valence-corrected chi connectivity index (χ4v) is 2.06. The monoisotopic (exact) mass is 291 g/mol. The van der Waals surface area contributed by atoms with E-state index in [4.69, 9.17) is 5.11 Å². The third-order valence-electron chi connectivity index (χ3n) is 3.09. The van der Waals surface area contributed by atoms with Crippen LogP contribution < -0.4 is 5.32 Å². The van der Waals surface area contributed by atoms with Gasteiger partial charge in [0, 0.05) is 6.54 Å². The Balaban J connectivity index is 2.05. The summed E-state index contributed by atoms with van der Waals surface area (Å²) >= 11 is 0. The standard InChI is InChI=1S/C16H15F2NO2/c1-10-3-2-4-11(7-10)5-6-19-15-13(17)8-12(16(20)21)9-14(15)18/h2-4,7-9,19H,5-6H2,1H3,(H,20,21). The van der Waals surface area contributed by atoms with Crippen molar-refractivity contribution in [1.82, 2.24) is 0 Å². The van der Waals surface area contributed by atoms with E-state index in [0.29, 0.717) is 13.0 Å². The topological polar surface area (TPSA) is 49.3 Å². The Morgan fingerprint density at radius 3 is 2.43 bits per heavy atom. The summed E-state index contributed by atoms with van der Waals surface area (Å²) in [5, 5.41) is 11.4. The van der Waals surface area contributed by atoms with Crippen molar-refractivity contribution in [2.45, 2.75) is 13.3 Å². The second kappa shape index (κ2) is 6.35. The first-order valence-electron chi connectivity index (χ1n) is 6.49. The second-order valence-electron chi connectivity index (χ2n) is 4.79. The molecule has 0 fully saturated rings. The van der Waals surface area contributed by atoms with Crippen LogP contribution in [-0.4, -0.2) is 17.6 Å². The summed E-state index contributed by atoms with van der Waals surface area (Å²) in [7, 11) is 0. The third-order valence-corrected chi connectivity index (χ3v) is 3.09. The van der Waals surface area contributed by atoms with Gasteiger partial charge in [0.1, 0.15) is 17.3 Å². The van der Waals surface area contributed by atoms with E-state index >= 15 is 0 Å². The zero-order valence-corrected chi connectivity index (χ0v) is 11.5. The fraction of sp³-hybridized carbons (Fsp3) is 0.188. The lowest BCUT2D eigenvalue weighted by atomic mass is 10.1. The molecule has 21 heavy (non-hydrogen) atoms. The van der Waals surface area contributed by atoms with E-state index in [-0.39, 0.29) is 5.69 Å². The quantitative estimate of drug-likeness (QED) is 0.884. The summed E-state index contributed by atoms with van der Waals surface area (Å²) < 4.78 is 27.4. The Morgan fingerprint density at radius 1 is 1.19 bits per heavy atom. The van der Waals surface area contributed by atoms with Gasteiger partial charge in [0.05, 0.1) is 5.56 Å². The van der Waals surface area contributed by atoms with Crippen LogP contribution in [0.25, 0.3) is 0 Å². The molecular weight excluding hydrogens is 276 g/mol. The molecule has 110 valence electrons. The lowest BCUT2D eigenvalue weighted by Gasteiger charge is -2.10. The van der Waals surface area contributed by atoms with E-state index < -0.39 is 23.2 Å². The van der Waals surface area contributed by atoms with Crippen molar-refractivity contribution in [3.05, 3.63) is 64.7 Å². The van der Waals surface area contributed by atoms with Gasteiger partial charge >= 0.3 is 5.97 Å². The van der Waals surface area contributed by atoms with E-state index in [1.807, 2.05) is 31.2 Å². The molecule has 2 aromatic rings. The molecule has 3 nitrogen and oxygen atoms in total. The Hall–Kier alpha value is -2.43. The van der Waals surface area contributed by atoms with Crippen molar-refractivity contribution in [3.8, 4) is 0 Å². The number of anilines is 1. The van der Waals surface area contributed by atoms with Gasteiger partial charge in [-0.1, -0.05) is 29.8 Å². The van der Waals surface area contributed by atoms with Crippen LogP contribution in [0.15, 0.2) is 36.4 Å². The molecule has 0 radical (unpaired) electrons. The van der Waals surface area contributed by atoms with Gasteiger partial charge in [0.15, 0.2) is 0 Å². The summed E-state index contributed by atoms with van der Waals surface area (Å²) in [5.74, 6) is -3.17. The van der Waals surface area contributed by atoms with Crippen LogP contribution in [0.1, 0.15) is 21.5 Å². The number of rotatable bonds is 5. The van der Waals surface area contributed by atoms with Crippen molar-refractivity contribution in [1.29, 1.82) is 0 Å². The molecule has 0 aromatic heterocycles. The molecule has 2 N–H and O–H groups in total. The molecule has 0 saturated carbocycles. The smallest absolute Gasteiger partial charge is 0.335 e. The molecule has 0 unspecified atom stereocenters. The van der Waals surface area contributed by atoms with E-state index in [1.165, 1.54) is 0 Å². The van der Waals surface area contributed by atoms with Crippen molar-refractivity contribution in [2.24, 2.45) is 0 Å². The minimum atomic E-state index is -1.36. The molecule has 0 atom stereocenters. The van der Waals surface area contributed by atoms with Crippen LogP contribution in [0.3, 0.4) is 0 Å². The molecule has 2 rings (SSSR count). The van der Waals surface area contributed by atoms with Crippen LogP contribution in [0.5, 0.6) is 0 Å². The highest BCUT2D eigenvalue weighted by atomic mass is 19.1. The predicted octanol–water partition coefficient (Wildman–Crippen LogP) is 3.63. The second-order valence-corrected chi connectivity index (χ2v) is 4.79. The van der Waals surface area contributed by atoms with E-state index in [9.17, 15) is 13.6 Å². The number of carbonyl (C=O) groups is 1. The molecule has 0 aliphatic heterocycles. The fourth-order valence-electron chi connectivity index (χ4n) is 2.06. The molecule has 0 bridgehead atoms. The maximum absolute atomic E-state index is 13.7. The van der Waals surface area contributed by atoms with Gasteiger partial charge in [-0.2, -0.15) is 0 Å². The first-order chi connectivity index (χ1) is 9.97. The average molecular weight is 291 g/mol. The lowest BCUT2D eigenvalue weighted by molar-refractivity contribution is 0.0696. The van der Waals surface area contributed by atoms with Gasteiger partial charge in [-0.25, -0.2) is 13.6 Å². The normalized spacial score (nSPS) is 10.4. The van der Waals surface area contributed by atoms with Crippen LogP contribution in [0.4, 0.5) is 14.5 Å². The van der Waals surface area contributed by atoms with E-state index in [1.54, 1.807) is 0 Å². The largest absolute Gasteiger partial charge is 0.478 e. The number of halogens is 2. The number of carboxylic acids is 1. The van der Waals surface area contributed by atoms with Crippen molar-refractivity contribution in [2.75, 3.05) is 11.9 Å². The van der Waals surface area contributed by atoms with Crippen LogP contribution in [0.2, 0.25) is 0 Å². The molecule has 2 aromatic carbocycles. The lowest BCUT2D eigenvalue weighted by Crippen LogP contribution is -2.10. The zero-order valence-electron chi connectivity index (χ0n) is 11.5.